The van der Waals surface area contributed by atoms with E-state index in [9.17, 15) is 0 Å². The largest absolute Gasteiger partial charge is 0.324 e. The molecule has 0 N–H and O–H groups in total. The minimum Gasteiger partial charge on any atom is -0.324 e. The van der Waals surface area contributed by atoms with Crippen LogP contribution in [0.15, 0.2) is 48.5 Å². The number of aryl methyl sites for hydroxylation is 2. The summed E-state index contributed by atoms with van der Waals surface area (Å²) in [5.41, 5.74) is 4.93. The lowest BCUT2D eigenvalue weighted by Crippen LogP contribution is -2.02. The molecule has 174 valence electrons. The predicted octanol–water partition coefficient (Wildman–Crippen LogP) is 9.49. The number of hydrogen-bond acceptors (Lipinski definition) is 1. The van der Waals surface area contributed by atoms with Crippen LogP contribution in [-0.4, -0.2) is 9.55 Å². The molecular formula is C30H44N2. The molecular weight excluding hydrogens is 388 g/mol. The van der Waals surface area contributed by atoms with E-state index in [2.05, 4.69) is 66.9 Å². The maximum Gasteiger partial charge on any atom is 0.141 e. The Hall–Kier alpha value is -2.09. The van der Waals surface area contributed by atoms with E-state index in [0.29, 0.717) is 0 Å². The van der Waals surface area contributed by atoms with Crippen molar-refractivity contribution >= 4 is 11.0 Å². The van der Waals surface area contributed by atoms with Crippen molar-refractivity contribution in [2.24, 2.45) is 0 Å². The molecule has 0 aliphatic rings. The standard InChI is InChI=1S/C30H44N2/c1-3-4-5-6-7-8-9-10-11-12-13-14-15-20-25-32-29-24-19-18-23-28(29)31-30(32)27-22-17-16-21-26(27)2/h16-19,21-24H,3-15,20,25H2,1-2H3. The molecule has 0 aliphatic carbocycles. The molecule has 2 nitrogen and oxygen atoms in total. The van der Waals surface area contributed by atoms with Gasteiger partial charge in [-0.15, -0.1) is 0 Å². The van der Waals surface area contributed by atoms with Gasteiger partial charge in [-0.1, -0.05) is 127 Å². The number of benzene rings is 2. The molecule has 0 unspecified atom stereocenters. The van der Waals surface area contributed by atoms with Gasteiger partial charge in [-0.25, -0.2) is 4.98 Å². The molecule has 0 aliphatic heterocycles. The van der Waals surface area contributed by atoms with Gasteiger partial charge in [-0.2, -0.15) is 0 Å². The first-order valence-electron chi connectivity index (χ1n) is 13.3. The van der Waals surface area contributed by atoms with Crippen LogP contribution >= 0.6 is 0 Å². The van der Waals surface area contributed by atoms with Gasteiger partial charge in [0.05, 0.1) is 11.0 Å². The van der Waals surface area contributed by atoms with E-state index < -0.39 is 0 Å². The fourth-order valence-corrected chi connectivity index (χ4v) is 4.80. The third-order valence-corrected chi connectivity index (χ3v) is 6.78. The minimum atomic E-state index is 1.06. The second-order valence-electron chi connectivity index (χ2n) is 9.49. The van der Waals surface area contributed by atoms with E-state index in [4.69, 9.17) is 4.98 Å². The van der Waals surface area contributed by atoms with Crippen molar-refractivity contribution in [1.29, 1.82) is 0 Å². The Bertz CT molecular complexity index is 908. The van der Waals surface area contributed by atoms with Gasteiger partial charge in [0, 0.05) is 12.1 Å². The van der Waals surface area contributed by atoms with Crippen molar-refractivity contribution in [3.05, 3.63) is 54.1 Å². The summed E-state index contributed by atoms with van der Waals surface area (Å²) in [5.74, 6) is 1.12. The number of rotatable bonds is 16. The highest BCUT2D eigenvalue weighted by Crippen LogP contribution is 2.27. The third kappa shape index (κ3) is 7.50. The van der Waals surface area contributed by atoms with Crippen LogP contribution in [0.1, 0.15) is 102 Å². The van der Waals surface area contributed by atoms with Crippen LogP contribution in [0.4, 0.5) is 0 Å². The maximum absolute atomic E-state index is 4.99. The topological polar surface area (TPSA) is 17.8 Å². The Labute approximate surface area is 196 Å². The van der Waals surface area contributed by atoms with E-state index in [1.54, 1.807) is 0 Å². The summed E-state index contributed by atoms with van der Waals surface area (Å²) in [7, 11) is 0. The van der Waals surface area contributed by atoms with Crippen LogP contribution in [0.2, 0.25) is 0 Å². The van der Waals surface area contributed by atoms with Crippen molar-refractivity contribution < 1.29 is 0 Å². The molecule has 0 bridgehead atoms. The van der Waals surface area contributed by atoms with Gasteiger partial charge in [0.15, 0.2) is 0 Å². The van der Waals surface area contributed by atoms with Crippen molar-refractivity contribution in [3.63, 3.8) is 0 Å². The molecule has 0 spiro atoms. The molecule has 3 rings (SSSR count). The quantitative estimate of drug-likeness (QED) is 0.206. The van der Waals surface area contributed by atoms with Crippen LogP contribution < -0.4 is 0 Å². The zero-order chi connectivity index (χ0) is 22.4. The number of para-hydroxylation sites is 2. The summed E-state index contributed by atoms with van der Waals surface area (Å²) < 4.78 is 2.44. The molecule has 1 heterocycles. The highest BCUT2D eigenvalue weighted by molar-refractivity contribution is 5.81. The summed E-state index contributed by atoms with van der Waals surface area (Å²) in [5, 5.41) is 0. The third-order valence-electron chi connectivity index (χ3n) is 6.78. The van der Waals surface area contributed by atoms with Gasteiger partial charge >= 0.3 is 0 Å². The van der Waals surface area contributed by atoms with Crippen LogP contribution in [0.5, 0.6) is 0 Å². The van der Waals surface area contributed by atoms with Gasteiger partial charge in [0.25, 0.3) is 0 Å². The van der Waals surface area contributed by atoms with Crippen molar-refractivity contribution in [2.75, 3.05) is 0 Å². The second-order valence-corrected chi connectivity index (χ2v) is 9.49. The number of aromatic nitrogens is 2. The van der Waals surface area contributed by atoms with Gasteiger partial charge in [0.2, 0.25) is 0 Å². The smallest absolute Gasteiger partial charge is 0.141 e. The van der Waals surface area contributed by atoms with Gasteiger partial charge in [-0.05, 0) is 31.0 Å². The van der Waals surface area contributed by atoms with Crippen LogP contribution in [-0.2, 0) is 6.54 Å². The average Bonchev–Trinajstić information content (AvgIpc) is 3.18. The molecule has 0 saturated heterocycles. The van der Waals surface area contributed by atoms with E-state index >= 15 is 0 Å². The lowest BCUT2D eigenvalue weighted by atomic mass is 10.0. The lowest BCUT2D eigenvalue weighted by molar-refractivity contribution is 0.526. The van der Waals surface area contributed by atoms with Crippen molar-refractivity contribution in [2.45, 2.75) is 110 Å². The van der Waals surface area contributed by atoms with Gasteiger partial charge < -0.3 is 4.57 Å². The minimum absolute atomic E-state index is 1.06. The summed E-state index contributed by atoms with van der Waals surface area (Å²) in [4.78, 5) is 4.99. The van der Waals surface area contributed by atoms with Gasteiger partial charge in [0.1, 0.15) is 5.82 Å². The zero-order valence-corrected chi connectivity index (χ0v) is 20.6. The van der Waals surface area contributed by atoms with Crippen LogP contribution in [0.25, 0.3) is 22.4 Å². The summed E-state index contributed by atoms with van der Waals surface area (Å²) in [6.07, 6.45) is 19.6. The predicted molar refractivity (Wildman–Crippen MR) is 140 cm³/mol. The Balaban J connectivity index is 1.36. The summed E-state index contributed by atoms with van der Waals surface area (Å²) >= 11 is 0. The van der Waals surface area contributed by atoms with Crippen LogP contribution in [0, 0.1) is 6.92 Å². The molecule has 0 saturated carbocycles. The maximum atomic E-state index is 4.99. The van der Waals surface area contributed by atoms with E-state index in [-0.39, 0.29) is 0 Å². The van der Waals surface area contributed by atoms with Gasteiger partial charge in [-0.3, -0.25) is 0 Å². The fourth-order valence-electron chi connectivity index (χ4n) is 4.80. The molecule has 1 aromatic heterocycles. The number of fused-ring (bicyclic) bond motifs is 1. The molecule has 32 heavy (non-hydrogen) atoms. The highest BCUT2D eigenvalue weighted by Gasteiger charge is 2.13. The Morgan fingerprint density at radius 1 is 0.625 bits per heavy atom. The lowest BCUT2D eigenvalue weighted by Gasteiger charge is -2.11. The number of imidazole rings is 1. The zero-order valence-electron chi connectivity index (χ0n) is 20.6. The summed E-state index contributed by atoms with van der Waals surface area (Å²) in [6, 6.07) is 17.2. The Morgan fingerprint density at radius 2 is 1.16 bits per heavy atom. The van der Waals surface area contributed by atoms with Crippen molar-refractivity contribution in [1.82, 2.24) is 9.55 Å². The normalized spacial score (nSPS) is 11.4. The number of hydrogen-bond donors (Lipinski definition) is 0. The molecule has 2 heteroatoms. The molecule has 2 aromatic carbocycles. The summed E-state index contributed by atoms with van der Waals surface area (Å²) in [6.45, 7) is 5.54. The highest BCUT2D eigenvalue weighted by atomic mass is 15.1. The molecule has 3 aromatic rings. The van der Waals surface area contributed by atoms with E-state index in [0.717, 1.165) is 17.9 Å². The molecule has 0 atom stereocenters. The van der Waals surface area contributed by atoms with E-state index in [1.807, 2.05) is 0 Å². The Morgan fingerprint density at radius 3 is 1.78 bits per heavy atom. The Kier molecular flexibility index (Phi) is 10.8. The second kappa shape index (κ2) is 14.1. The molecule has 0 fully saturated rings. The SMILES string of the molecule is CCCCCCCCCCCCCCCCn1c(-c2ccccc2C)nc2ccccc21. The average molecular weight is 433 g/mol. The first-order chi connectivity index (χ1) is 15.8. The fraction of sp³-hybridized carbons (Fsp3) is 0.567. The number of nitrogens with zero attached hydrogens (tertiary/aromatic N) is 2. The molecule has 0 radical (unpaired) electrons. The number of unbranched alkanes of at least 4 members (excludes halogenated alkanes) is 13. The first-order valence-corrected chi connectivity index (χ1v) is 13.3. The monoisotopic (exact) mass is 432 g/mol. The van der Waals surface area contributed by atoms with Crippen molar-refractivity contribution in [3.8, 4) is 11.4 Å². The molecule has 0 amide bonds. The van der Waals surface area contributed by atoms with Crippen LogP contribution in [0.3, 0.4) is 0 Å². The van der Waals surface area contributed by atoms with E-state index in [1.165, 1.54) is 107 Å². The first kappa shape index (κ1) is 24.6.